The lowest BCUT2D eigenvalue weighted by atomic mass is 10.1. The highest BCUT2D eigenvalue weighted by atomic mass is 32.2. The number of sulfonamides is 1. The lowest BCUT2D eigenvalue weighted by molar-refractivity contribution is 0.0602. The zero-order valence-electron chi connectivity index (χ0n) is 16.0. The van der Waals surface area contributed by atoms with E-state index < -0.39 is 16.0 Å². The maximum Gasteiger partial charge on any atom is 0.349 e. The lowest BCUT2D eigenvalue weighted by Crippen LogP contribution is -2.17. The van der Waals surface area contributed by atoms with Gasteiger partial charge in [0.25, 0.3) is 10.0 Å². The second-order valence-corrected chi connectivity index (χ2v) is 8.37. The van der Waals surface area contributed by atoms with Crippen LogP contribution in [0.3, 0.4) is 0 Å². The smallest absolute Gasteiger partial charge is 0.349 e. The van der Waals surface area contributed by atoms with Gasteiger partial charge in [0, 0.05) is 29.1 Å². The van der Waals surface area contributed by atoms with Crippen molar-refractivity contribution < 1.29 is 27.4 Å². The van der Waals surface area contributed by atoms with Crippen LogP contribution in [0.5, 0.6) is 11.5 Å². The predicted octanol–water partition coefficient (Wildman–Crippen LogP) is 4.02. The number of anilines is 1. The van der Waals surface area contributed by atoms with Crippen molar-refractivity contribution in [3.05, 3.63) is 58.8 Å². The molecule has 0 spiro atoms. The Morgan fingerprint density at radius 3 is 2.14 bits per heavy atom. The third-order valence-corrected chi connectivity index (χ3v) is 6.63. The van der Waals surface area contributed by atoms with Crippen LogP contribution in [0.2, 0.25) is 0 Å². The van der Waals surface area contributed by atoms with E-state index in [0.717, 1.165) is 11.3 Å². The van der Waals surface area contributed by atoms with E-state index in [1.165, 1.54) is 33.5 Å². The van der Waals surface area contributed by atoms with Crippen molar-refractivity contribution >= 4 is 33.0 Å². The summed E-state index contributed by atoms with van der Waals surface area (Å²) in [7, 11) is 0.00739. The first-order valence-corrected chi connectivity index (χ1v) is 10.8. The zero-order chi connectivity index (χ0) is 21.0. The molecular weight excluding hydrogens is 414 g/mol. The first kappa shape index (κ1) is 20.7. The number of thiophene rings is 1. The number of rotatable bonds is 7. The van der Waals surface area contributed by atoms with Crippen LogP contribution in [0.4, 0.5) is 5.69 Å². The standard InChI is InChI=1S/C20H19NO6S2/c1-25-15-9-14(10-16(11-15)26-2)21-29(23,24)19-17(13-7-5-4-6-8-13)12-28-18(19)20(22)27-3/h4-12,21H,1-3H3. The number of hydrogen-bond acceptors (Lipinski definition) is 7. The van der Waals surface area contributed by atoms with E-state index in [1.807, 2.05) is 6.07 Å². The van der Waals surface area contributed by atoms with Gasteiger partial charge in [-0.25, -0.2) is 13.2 Å². The molecule has 1 heterocycles. The largest absolute Gasteiger partial charge is 0.497 e. The molecule has 3 aromatic rings. The Kier molecular flexibility index (Phi) is 6.09. The molecule has 7 nitrogen and oxygen atoms in total. The number of nitrogens with one attached hydrogen (secondary N) is 1. The van der Waals surface area contributed by atoms with Gasteiger partial charge in [0.1, 0.15) is 21.3 Å². The number of carbonyl (C=O) groups is 1. The molecule has 0 amide bonds. The van der Waals surface area contributed by atoms with Gasteiger partial charge < -0.3 is 14.2 Å². The molecule has 0 fully saturated rings. The Balaban J connectivity index is 2.13. The topological polar surface area (TPSA) is 90.9 Å². The number of hydrogen-bond donors (Lipinski definition) is 1. The molecule has 3 rings (SSSR count). The highest BCUT2D eigenvalue weighted by Crippen LogP contribution is 2.37. The van der Waals surface area contributed by atoms with Gasteiger partial charge >= 0.3 is 5.97 Å². The van der Waals surface area contributed by atoms with E-state index in [4.69, 9.17) is 14.2 Å². The summed E-state index contributed by atoms with van der Waals surface area (Å²) in [4.78, 5) is 12.1. The number of benzene rings is 2. The van der Waals surface area contributed by atoms with E-state index in [2.05, 4.69) is 4.72 Å². The summed E-state index contributed by atoms with van der Waals surface area (Å²) >= 11 is 1.01. The number of methoxy groups -OCH3 is 3. The Labute approximate surface area is 172 Å². The minimum absolute atomic E-state index is 0.00582. The molecule has 1 N–H and O–H groups in total. The van der Waals surface area contributed by atoms with E-state index in [-0.39, 0.29) is 15.5 Å². The Bertz CT molecular complexity index is 1100. The highest BCUT2D eigenvalue weighted by Gasteiger charge is 2.30. The summed E-state index contributed by atoms with van der Waals surface area (Å²) in [6, 6.07) is 13.6. The van der Waals surface area contributed by atoms with E-state index >= 15 is 0 Å². The first-order valence-electron chi connectivity index (χ1n) is 8.40. The van der Waals surface area contributed by atoms with Crippen molar-refractivity contribution in [3.8, 4) is 22.6 Å². The summed E-state index contributed by atoms with van der Waals surface area (Å²) in [5, 5.41) is 1.63. The van der Waals surface area contributed by atoms with Crippen LogP contribution >= 0.6 is 11.3 Å². The van der Waals surface area contributed by atoms with Gasteiger partial charge in [0.15, 0.2) is 0 Å². The summed E-state index contributed by atoms with van der Waals surface area (Å²) < 4.78 is 44.3. The summed E-state index contributed by atoms with van der Waals surface area (Å²) in [6.45, 7) is 0. The molecule has 0 bridgehead atoms. The van der Waals surface area contributed by atoms with Crippen LogP contribution in [-0.4, -0.2) is 35.7 Å². The van der Waals surface area contributed by atoms with Gasteiger partial charge in [0.05, 0.1) is 27.0 Å². The minimum Gasteiger partial charge on any atom is -0.497 e. The van der Waals surface area contributed by atoms with Crippen molar-refractivity contribution in [2.45, 2.75) is 4.90 Å². The maximum absolute atomic E-state index is 13.3. The van der Waals surface area contributed by atoms with Crippen molar-refractivity contribution in [2.24, 2.45) is 0 Å². The SMILES string of the molecule is COC(=O)c1scc(-c2ccccc2)c1S(=O)(=O)Nc1cc(OC)cc(OC)c1. The molecule has 0 aliphatic rings. The van der Waals surface area contributed by atoms with Crippen molar-refractivity contribution in [1.29, 1.82) is 0 Å². The lowest BCUT2D eigenvalue weighted by Gasteiger charge is -2.13. The molecule has 152 valence electrons. The van der Waals surface area contributed by atoms with Crippen LogP contribution in [0.15, 0.2) is 58.8 Å². The Morgan fingerprint density at radius 1 is 0.966 bits per heavy atom. The molecule has 1 aromatic heterocycles. The molecule has 0 aliphatic heterocycles. The van der Waals surface area contributed by atoms with Gasteiger partial charge in [-0.3, -0.25) is 4.72 Å². The molecule has 2 aromatic carbocycles. The molecule has 0 unspecified atom stereocenters. The number of ether oxygens (including phenoxy) is 3. The molecule has 0 radical (unpaired) electrons. The summed E-state index contributed by atoms with van der Waals surface area (Å²) in [6.07, 6.45) is 0. The molecule has 0 atom stereocenters. The van der Waals surface area contributed by atoms with Gasteiger partial charge in [-0.2, -0.15) is 0 Å². The van der Waals surface area contributed by atoms with Crippen LogP contribution in [0, 0.1) is 0 Å². The monoisotopic (exact) mass is 433 g/mol. The molecule has 0 aliphatic carbocycles. The second-order valence-electron chi connectivity index (χ2n) is 5.87. The fraction of sp³-hybridized carbons (Fsp3) is 0.150. The quantitative estimate of drug-likeness (QED) is 0.566. The van der Waals surface area contributed by atoms with Crippen LogP contribution in [0.25, 0.3) is 11.1 Å². The van der Waals surface area contributed by atoms with Crippen LogP contribution in [0.1, 0.15) is 9.67 Å². The average Bonchev–Trinajstić information content (AvgIpc) is 3.19. The highest BCUT2D eigenvalue weighted by molar-refractivity contribution is 7.93. The molecular formula is C20H19NO6S2. The van der Waals surface area contributed by atoms with Gasteiger partial charge in [0.2, 0.25) is 0 Å². The molecule has 29 heavy (non-hydrogen) atoms. The van der Waals surface area contributed by atoms with E-state index in [0.29, 0.717) is 22.6 Å². The van der Waals surface area contributed by atoms with Crippen LogP contribution < -0.4 is 14.2 Å². The summed E-state index contributed by atoms with van der Waals surface area (Å²) in [5.74, 6) is 0.119. The predicted molar refractivity (Wildman–Crippen MR) is 111 cm³/mol. The molecule has 0 saturated heterocycles. The van der Waals surface area contributed by atoms with Crippen LogP contribution in [-0.2, 0) is 14.8 Å². The third-order valence-electron chi connectivity index (χ3n) is 4.07. The van der Waals surface area contributed by atoms with Gasteiger partial charge in [-0.15, -0.1) is 11.3 Å². The second kappa shape index (κ2) is 8.54. The van der Waals surface area contributed by atoms with Crippen molar-refractivity contribution in [2.75, 3.05) is 26.1 Å². The summed E-state index contributed by atoms with van der Waals surface area (Å²) in [5.41, 5.74) is 1.32. The van der Waals surface area contributed by atoms with Crippen molar-refractivity contribution in [3.63, 3.8) is 0 Å². The van der Waals surface area contributed by atoms with E-state index in [1.54, 1.807) is 35.7 Å². The third kappa shape index (κ3) is 4.36. The maximum atomic E-state index is 13.3. The fourth-order valence-corrected chi connectivity index (χ4v) is 5.50. The van der Waals surface area contributed by atoms with Gasteiger partial charge in [-0.05, 0) is 5.56 Å². The first-order chi connectivity index (χ1) is 13.9. The zero-order valence-corrected chi connectivity index (χ0v) is 17.6. The van der Waals surface area contributed by atoms with Crippen molar-refractivity contribution in [1.82, 2.24) is 0 Å². The fourth-order valence-electron chi connectivity index (χ4n) is 2.74. The number of esters is 1. The average molecular weight is 434 g/mol. The molecule has 9 heteroatoms. The van der Waals surface area contributed by atoms with E-state index in [9.17, 15) is 13.2 Å². The minimum atomic E-state index is -4.14. The Hall–Kier alpha value is -3.04. The Morgan fingerprint density at radius 2 is 1.59 bits per heavy atom. The normalized spacial score (nSPS) is 11.0. The van der Waals surface area contributed by atoms with Gasteiger partial charge in [-0.1, -0.05) is 30.3 Å². The molecule has 0 saturated carbocycles. The number of carbonyl (C=O) groups excluding carboxylic acids is 1.